The lowest BCUT2D eigenvalue weighted by molar-refractivity contribution is 0.0984. The summed E-state index contributed by atoms with van der Waals surface area (Å²) in [7, 11) is 3.53. The first-order chi connectivity index (χ1) is 12.0. The zero-order valence-corrected chi connectivity index (χ0v) is 14.6. The van der Waals surface area contributed by atoms with Crippen LogP contribution < -0.4 is 9.64 Å². The number of carbonyl (C=O) groups excluding carboxylic acids is 1. The Morgan fingerprint density at radius 1 is 1.12 bits per heavy atom. The zero-order valence-electron chi connectivity index (χ0n) is 14.6. The number of carbonyl (C=O) groups is 1. The lowest BCUT2D eigenvalue weighted by atomic mass is 10.2. The molecule has 0 aliphatic rings. The van der Waals surface area contributed by atoms with Gasteiger partial charge in [-0.25, -0.2) is 0 Å². The monoisotopic (exact) mass is 335 g/mol. The molecule has 0 N–H and O–H groups in total. The third-order valence-corrected chi connectivity index (χ3v) is 4.00. The summed E-state index contributed by atoms with van der Waals surface area (Å²) in [6.07, 6.45) is 0. The third kappa shape index (κ3) is 3.88. The van der Waals surface area contributed by atoms with Crippen LogP contribution in [0.1, 0.15) is 21.7 Å². The van der Waals surface area contributed by atoms with Crippen molar-refractivity contribution in [1.82, 2.24) is 9.78 Å². The van der Waals surface area contributed by atoms with Gasteiger partial charge in [-0.1, -0.05) is 30.3 Å². The van der Waals surface area contributed by atoms with E-state index in [0.717, 1.165) is 22.7 Å². The molecule has 0 bridgehead atoms. The number of benzene rings is 2. The highest BCUT2D eigenvalue weighted by Gasteiger charge is 2.17. The van der Waals surface area contributed by atoms with Crippen molar-refractivity contribution in [1.29, 1.82) is 0 Å². The summed E-state index contributed by atoms with van der Waals surface area (Å²) >= 11 is 0. The fourth-order valence-electron chi connectivity index (χ4n) is 2.61. The van der Waals surface area contributed by atoms with Crippen molar-refractivity contribution in [2.45, 2.75) is 13.5 Å². The average molecular weight is 335 g/mol. The number of amides is 1. The zero-order chi connectivity index (χ0) is 17.8. The van der Waals surface area contributed by atoms with E-state index in [1.807, 2.05) is 61.5 Å². The second-order valence-electron chi connectivity index (χ2n) is 5.93. The Hall–Kier alpha value is -3.08. The van der Waals surface area contributed by atoms with E-state index in [-0.39, 0.29) is 5.91 Å². The molecule has 0 saturated heterocycles. The molecular formula is C20H21N3O2. The molecule has 25 heavy (non-hydrogen) atoms. The standard InChI is InChI=1S/C20H21N3O2/c1-15-13-19(23(3)21-15)20(24)22(2)17-9-11-18(12-10-17)25-14-16-7-5-4-6-8-16/h4-13H,14H2,1-3H3. The number of ether oxygens (including phenoxy) is 1. The molecule has 3 aromatic rings. The van der Waals surface area contributed by atoms with E-state index < -0.39 is 0 Å². The van der Waals surface area contributed by atoms with Gasteiger partial charge >= 0.3 is 0 Å². The highest BCUT2D eigenvalue weighted by molar-refractivity contribution is 6.04. The largest absolute Gasteiger partial charge is 0.489 e. The Balaban J connectivity index is 1.67. The number of hydrogen-bond donors (Lipinski definition) is 0. The van der Waals surface area contributed by atoms with E-state index in [4.69, 9.17) is 4.74 Å². The highest BCUT2D eigenvalue weighted by atomic mass is 16.5. The van der Waals surface area contributed by atoms with Gasteiger partial charge in [0.05, 0.1) is 5.69 Å². The van der Waals surface area contributed by atoms with Crippen molar-refractivity contribution in [3.8, 4) is 5.75 Å². The first-order valence-corrected chi connectivity index (χ1v) is 8.10. The molecule has 0 unspecified atom stereocenters. The quantitative estimate of drug-likeness (QED) is 0.716. The Bertz CT molecular complexity index is 854. The Kier molecular flexibility index (Phi) is 4.84. The van der Waals surface area contributed by atoms with Gasteiger partial charge in [0, 0.05) is 19.8 Å². The molecule has 0 radical (unpaired) electrons. The van der Waals surface area contributed by atoms with Gasteiger partial charge in [-0.3, -0.25) is 9.48 Å². The Morgan fingerprint density at radius 3 is 2.40 bits per heavy atom. The van der Waals surface area contributed by atoms with Crippen LogP contribution in [0.25, 0.3) is 0 Å². The summed E-state index contributed by atoms with van der Waals surface area (Å²) in [5.74, 6) is 0.672. The molecule has 5 heteroatoms. The maximum atomic E-state index is 12.6. The van der Waals surface area contributed by atoms with Crippen LogP contribution in [0.15, 0.2) is 60.7 Å². The van der Waals surface area contributed by atoms with E-state index in [0.29, 0.717) is 12.3 Å². The van der Waals surface area contributed by atoms with Gasteiger partial charge in [-0.05, 0) is 42.8 Å². The summed E-state index contributed by atoms with van der Waals surface area (Å²) in [6, 6.07) is 19.3. The van der Waals surface area contributed by atoms with Crippen LogP contribution in [0.2, 0.25) is 0 Å². The van der Waals surface area contributed by atoms with Crippen molar-refractivity contribution in [3.63, 3.8) is 0 Å². The van der Waals surface area contributed by atoms with Crippen LogP contribution in [-0.2, 0) is 13.7 Å². The molecule has 0 spiro atoms. The molecule has 3 rings (SSSR count). The van der Waals surface area contributed by atoms with E-state index >= 15 is 0 Å². The second kappa shape index (κ2) is 7.21. The van der Waals surface area contributed by atoms with Gasteiger partial charge in [0.1, 0.15) is 18.1 Å². The Morgan fingerprint density at radius 2 is 1.80 bits per heavy atom. The SMILES string of the molecule is Cc1cc(C(=O)N(C)c2ccc(OCc3ccccc3)cc2)n(C)n1. The van der Waals surface area contributed by atoms with Crippen LogP contribution in [0.5, 0.6) is 5.75 Å². The number of nitrogens with zero attached hydrogens (tertiary/aromatic N) is 3. The van der Waals surface area contributed by atoms with Gasteiger partial charge in [0.25, 0.3) is 5.91 Å². The van der Waals surface area contributed by atoms with Crippen molar-refractivity contribution in [2.24, 2.45) is 7.05 Å². The van der Waals surface area contributed by atoms with Gasteiger partial charge in [0.15, 0.2) is 0 Å². The smallest absolute Gasteiger partial charge is 0.276 e. The van der Waals surface area contributed by atoms with Crippen LogP contribution in [0.3, 0.4) is 0 Å². The lowest BCUT2D eigenvalue weighted by Gasteiger charge is -2.17. The topological polar surface area (TPSA) is 47.4 Å². The van der Waals surface area contributed by atoms with E-state index in [1.54, 1.807) is 29.7 Å². The molecule has 0 aliphatic heterocycles. The average Bonchev–Trinajstić information content (AvgIpc) is 2.98. The molecule has 5 nitrogen and oxygen atoms in total. The van der Waals surface area contributed by atoms with Crippen LogP contribution in [0, 0.1) is 6.92 Å². The van der Waals surface area contributed by atoms with Crippen molar-refractivity contribution >= 4 is 11.6 Å². The predicted octanol–water partition coefficient (Wildman–Crippen LogP) is 3.58. The summed E-state index contributed by atoms with van der Waals surface area (Å²) in [5, 5.41) is 4.22. The molecule has 2 aromatic carbocycles. The van der Waals surface area contributed by atoms with E-state index in [1.165, 1.54) is 0 Å². The second-order valence-corrected chi connectivity index (χ2v) is 5.93. The van der Waals surface area contributed by atoms with Crippen LogP contribution in [-0.4, -0.2) is 22.7 Å². The molecule has 0 fully saturated rings. The van der Waals surface area contributed by atoms with E-state index in [2.05, 4.69) is 5.10 Å². The highest BCUT2D eigenvalue weighted by Crippen LogP contribution is 2.21. The number of hydrogen-bond acceptors (Lipinski definition) is 3. The fraction of sp³-hybridized carbons (Fsp3) is 0.200. The van der Waals surface area contributed by atoms with Gasteiger partial charge in [-0.15, -0.1) is 0 Å². The molecular weight excluding hydrogens is 314 g/mol. The predicted molar refractivity (Wildman–Crippen MR) is 97.9 cm³/mol. The molecule has 0 aliphatic carbocycles. The number of aromatic nitrogens is 2. The van der Waals surface area contributed by atoms with Crippen LogP contribution in [0.4, 0.5) is 5.69 Å². The van der Waals surface area contributed by atoms with Gasteiger partial charge < -0.3 is 9.64 Å². The van der Waals surface area contributed by atoms with Gasteiger partial charge in [0.2, 0.25) is 0 Å². The minimum Gasteiger partial charge on any atom is -0.489 e. The fourth-order valence-corrected chi connectivity index (χ4v) is 2.61. The van der Waals surface area contributed by atoms with Crippen LogP contribution >= 0.6 is 0 Å². The Labute approximate surface area is 147 Å². The third-order valence-electron chi connectivity index (χ3n) is 4.00. The first kappa shape index (κ1) is 16.8. The lowest BCUT2D eigenvalue weighted by Crippen LogP contribution is -2.28. The molecule has 0 saturated carbocycles. The molecule has 1 aromatic heterocycles. The summed E-state index contributed by atoms with van der Waals surface area (Å²) in [5.41, 5.74) is 3.30. The molecule has 128 valence electrons. The van der Waals surface area contributed by atoms with Crippen molar-refractivity contribution in [3.05, 3.63) is 77.6 Å². The number of anilines is 1. The summed E-state index contributed by atoms with van der Waals surface area (Å²) in [4.78, 5) is 14.2. The number of rotatable bonds is 5. The number of aryl methyl sites for hydroxylation is 2. The maximum Gasteiger partial charge on any atom is 0.276 e. The van der Waals surface area contributed by atoms with E-state index in [9.17, 15) is 4.79 Å². The summed E-state index contributed by atoms with van der Waals surface area (Å²) < 4.78 is 7.38. The summed E-state index contributed by atoms with van der Waals surface area (Å²) in [6.45, 7) is 2.39. The molecule has 1 amide bonds. The minimum absolute atomic E-state index is 0.0962. The molecule has 1 heterocycles. The maximum absolute atomic E-state index is 12.6. The van der Waals surface area contributed by atoms with Crippen molar-refractivity contribution in [2.75, 3.05) is 11.9 Å². The molecule has 0 atom stereocenters. The van der Waals surface area contributed by atoms with Crippen molar-refractivity contribution < 1.29 is 9.53 Å². The normalized spacial score (nSPS) is 10.5. The minimum atomic E-state index is -0.0962. The first-order valence-electron chi connectivity index (χ1n) is 8.10. The van der Waals surface area contributed by atoms with Gasteiger partial charge in [-0.2, -0.15) is 5.10 Å².